The van der Waals surface area contributed by atoms with Crippen molar-refractivity contribution in [2.24, 2.45) is 0 Å². The van der Waals surface area contributed by atoms with Crippen molar-refractivity contribution < 1.29 is 24.2 Å². The van der Waals surface area contributed by atoms with Crippen LogP contribution in [0.4, 0.5) is 29.2 Å². The van der Waals surface area contributed by atoms with E-state index in [9.17, 15) is 14.7 Å². The first kappa shape index (κ1) is 37.9. The predicted octanol–water partition coefficient (Wildman–Crippen LogP) is 6.54. The molecule has 55 heavy (non-hydrogen) atoms. The van der Waals surface area contributed by atoms with Crippen LogP contribution in [-0.2, 0) is 16.0 Å². The van der Waals surface area contributed by atoms with E-state index in [1.54, 1.807) is 60.7 Å². The first-order chi connectivity index (χ1) is 27.0. The molecule has 0 spiro atoms. The molecule has 0 aliphatic carbocycles. The largest absolute Gasteiger partial charge is 0.508 e. The Labute approximate surface area is 319 Å². The van der Waals surface area contributed by atoms with Crippen molar-refractivity contribution in [1.82, 2.24) is 25.6 Å². The zero-order valence-corrected chi connectivity index (χ0v) is 30.1. The minimum Gasteiger partial charge on any atom is -0.508 e. The Hall–Kier alpha value is -6.83. The highest BCUT2D eigenvalue weighted by molar-refractivity contribution is 5.95. The summed E-state index contributed by atoms with van der Waals surface area (Å²) in [6, 6.07) is 40.8. The van der Waals surface area contributed by atoms with Crippen LogP contribution in [0.3, 0.4) is 0 Å². The van der Waals surface area contributed by atoms with Crippen molar-refractivity contribution >= 4 is 41.0 Å². The quantitative estimate of drug-likeness (QED) is 0.0394. The lowest BCUT2D eigenvalue weighted by Gasteiger charge is -2.12. The Kier molecular flexibility index (Phi) is 13.7. The van der Waals surface area contributed by atoms with Gasteiger partial charge in [-0.05, 0) is 83.4 Å². The van der Waals surface area contributed by atoms with Crippen molar-refractivity contribution in [2.75, 3.05) is 55.5 Å². The SMILES string of the molecule is O=C(NCCOCCOCCNc1nc(Nc2ccc(O)cc2)nc(Nc2ccc(C(=O)NCc3cccc(-c4ccccc4)c3)cc2)n1)c1ccccc1. The highest BCUT2D eigenvalue weighted by atomic mass is 16.5. The van der Waals surface area contributed by atoms with Crippen LogP contribution in [0.15, 0.2) is 133 Å². The molecule has 6 aromatic rings. The maximum atomic E-state index is 13.0. The topological polar surface area (TPSA) is 172 Å². The lowest BCUT2D eigenvalue weighted by molar-refractivity contribution is 0.0519. The number of benzene rings is 5. The van der Waals surface area contributed by atoms with Gasteiger partial charge >= 0.3 is 0 Å². The summed E-state index contributed by atoms with van der Waals surface area (Å²) >= 11 is 0. The van der Waals surface area contributed by atoms with Gasteiger partial charge in [-0.2, -0.15) is 15.0 Å². The fourth-order valence-corrected chi connectivity index (χ4v) is 5.34. The van der Waals surface area contributed by atoms with Crippen LogP contribution in [0.25, 0.3) is 11.1 Å². The highest BCUT2D eigenvalue weighted by Gasteiger charge is 2.11. The van der Waals surface area contributed by atoms with E-state index < -0.39 is 0 Å². The zero-order chi connectivity index (χ0) is 38.1. The summed E-state index contributed by atoms with van der Waals surface area (Å²) in [6.45, 7) is 2.70. The first-order valence-corrected chi connectivity index (χ1v) is 17.8. The average Bonchev–Trinajstić information content (AvgIpc) is 3.22. The number of carbonyl (C=O) groups is 2. The normalized spacial score (nSPS) is 10.7. The molecule has 0 fully saturated rings. The summed E-state index contributed by atoms with van der Waals surface area (Å²) < 4.78 is 11.2. The molecule has 0 saturated carbocycles. The molecule has 0 aliphatic heterocycles. The molecule has 6 rings (SSSR count). The number of amides is 2. The first-order valence-electron chi connectivity index (χ1n) is 17.8. The fraction of sp³-hybridized carbons (Fsp3) is 0.167. The van der Waals surface area contributed by atoms with Gasteiger partial charge in [0.15, 0.2) is 0 Å². The number of anilines is 5. The monoisotopic (exact) mass is 738 g/mol. The maximum Gasteiger partial charge on any atom is 0.251 e. The molecule has 0 radical (unpaired) electrons. The zero-order valence-electron chi connectivity index (χ0n) is 30.1. The number of phenolic OH excluding ortho intramolecular Hbond substituents is 1. The van der Waals surface area contributed by atoms with E-state index in [1.807, 2.05) is 48.5 Å². The van der Waals surface area contributed by atoms with Gasteiger partial charge in [-0.3, -0.25) is 9.59 Å². The average molecular weight is 739 g/mol. The molecule has 280 valence electrons. The molecule has 13 heteroatoms. The lowest BCUT2D eigenvalue weighted by Crippen LogP contribution is -2.27. The lowest BCUT2D eigenvalue weighted by atomic mass is 10.0. The summed E-state index contributed by atoms with van der Waals surface area (Å²) in [5.41, 5.74) is 5.68. The summed E-state index contributed by atoms with van der Waals surface area (Å²) in [5.74, 6) is 0.653. The van der Waals surface area contributed by atoms with Gasteiger partial charge in [-0.15, -0.1) is 0 Å². The smallest absolute Gasteiger partial charge is 0.251 e. The van der Waals surface area contributed by atoms with Crippen LogP contribution in [0.5, 0.6) is 5.75 Å². The van der Waals surface area contributed by atoms with Crippen LogP contribution >= 0.6 is 0 Å². The second-order valence-electron chi connectivity index (χ2n) is 12.2. The van der Waals surface area contributed by atoms with Gasteiger partial charge in [0, 0.05) is 42.1 Å². The molecule has 0 saturated heterocycles. The van der Waals surface area contributed by atoms with E-state index in [1.165, 1.54) is 0 Å². The number of carbonyl (C=O) groups excluding carboxylic acids is 2. The summed E-state index contributed by atoms with van der Waals surface area (Å²) in [4.78, 5) is 38.6. The van der Waals surface area contributed by atoms with E-state index >= 15 is 0 Å². The Morgan fingerprint density at radius 2 is 1.07 bits per heavy atom. The summed E-state index contributed by atoms with van der Waals surface area (Å²) in [6.07, 6.45) is 0. The molecular formula is C42H42N8O5. The van der Waals surface area contributed by atoms with Crippen LogP contribution in [-0.4, -0.2) is 71.4 Å². The number of nitrogens with zero attached hydrogens (tertiary/aromatic N) is 3. The summed E-state index contributed by atoms with van der Waals surface area (Å²) in [7, 11) is 0. The second kappa shape index (κ2) is 19.9. The Bertz CT molecular complexity index is 2120. The van der Waals surface area contributed by atoms with E-state index in [2.05, 4.69) is 65.8 Å². The van der Waals surface area contributed by atoms with Crippen molar-refractivity contribution in [1.29, 1.82) is 0 Å². The predicted molar refractivity (Wildman–Crippen MR) is 213 cm³/mol. The van der Waals surface area contributed by atoms with E-state index in [-0.39, 0.29) is 29.5 Å². The number of phenols is 1. The maximum absolute atomic E-state index is 13.0. The number of ether oxygens (including phenoxy) is 2. The molecule has 0 unspecified atom stereocenters. The molecule has 1 heterocycles. The molecule has 2 amide bonds. The van der Waals surface area contributed by atoms with Gasteiger partial charge in [-0.25, -0.2) is 0 Å². The highest BCUT2D eigenvalue weighted by Crippen LogP contribution is 2.22. The van der Waals surface area contributed by atoms with Crippen LogP contribution < -0.4 is 26.6 Å². The third-order valence-corrected chi connectivity index (χ3v) is 8.12. The number of rotatable bonds is 19. The third-order valence-electron chi connectivity index (χ3n) is 8.12. The van der Waals surface area contributed by atoms with Crippen molar-refractivity contribution in [3.63, 3.8) is 0 Å². The molecule has 6 N–H and O–H groups in total. The molecule has 0 atom stereocenters. The second-order valence-corrected chi connectivity index (χ2v) is 12.2. The number of hydrogen-bond acceptors (Lipinski definition) is 11. The minimum absolute atomic E-state index is 0.139. The number of nitrogens with one attached hydrogen (secondary N) is 5. The van der Waals surface area contributed by atoms with Gasteiger partial charge < -0.3 is 41.2 Å². The molecule has 0 bridgehead atoms. The fourth-order valence-electron chi connectivity index (χ4n) is 5.34. The van der Waals surface area contributed by atoms with Gasteiger partial charge in [-0.1, -0.05) is 66.7 Å². The molecule has 13 nitrogen and oxygen atoms in total. The van der Waals surface area contributed by atoms with Gasteiger partial charge in [0.1, 0.15) is 5.75 Å². The Balaban J connectivity index is 0.979. The van der Waals surface area contributed by atoms with Gasteiger partial charge in [0.05, 0.1) is 26.4 Å². The molecule has 5 aromatic carbocycles. The Morgan fingerprint density at radius 1 is 0.527 bits per heavy atom. The van der Waals surface area contributed by atoms with Gasteiger partial charge in [0.2, 0.25) is 17.8 Å². The van der Waals surface area contributed by atoms with Crippen molar-refractivity contribution in [2.45, 2.75) is 6.54 Å². The standard InChI is InChI=1S/C42H42N8O5/c51-37-20-18-36(19-21-37)47-42-49-40(44-23-25-55-27-26-54-24-22-43-38(52)32-11-5-2-6-12-32)48-41(50-42)46-35-16-14-33(15-17-35)39(53)45-29-30-8-7-13-34(28-30)31-9-3-1-4-10-31/h1-21,28,51H,22-27,29H2,(H,43,52)(H,45,53)(H3,44,46,47,48,49,50). The molecule has 1 aromatic heterocycles. The molecular weight excluding hydrogens is 697 g/mol. The van der Waals surface area contributed by atoms with Crippen molar-refractivity contribution in [3.8, 4) is 16.9 Å². The van der Waals surface area contributed by atoms with Crippen LogP contribution in [0, 0.1) is 0 Å². The van der Waals surface area contributed by atoms with E-state index in [4.69, 9.17) is 9.47 Å². The number of aromatic nitrogens is 3. The Morgan fingerprint density at radius 3 is 1.75 bits per heavy atom. The van der Waals surface area contributed by atoms with Gasteiger partial charge in [0.25, 0.3) is 11.8 Å². The minimum atomic E-state index is -0.190. The van der Waals surface area contributed by atoms with Crippen LogP contribution in [0.2, 0.25) is 0 Å². The number of hydrogen-bond donors (Lipinski definition) is 6. The van der Waals surface area contributed by atoms with E-state index in [0.717, 1.165) is 16.7 Å². The number of aromatic hydroxyl groups is 1. The van der Waals surface area contributed by atoms with Crippen molar-refractivity contribution in [3.05, 3.63) is 150 Å². The summed E-state index contributed by atoms with van der Waals surface area (Å²) in [5, 5.41) is 25.0. The van der Waals surface area contributed by atoms with E-state index in [0.29, 0.717) is 74.5 Å². The molecule has 0 aliphatic rings. The third kappa shape index (κ3) is 12.1. The van der Waals surface area contributed by atoms with Crippen LogP contribution in [0.1, 0.15) is 26.3 Å².